The van der Waals surface area contributed by atoms with Gasteiger partial charge in [-0.2, -0.15) is 0 Å². The summed E-state index contributed by atoms with van der Waals surface area (Å²) in [6.07, 6.45) is 0. The third-order valence-corrected chi connectivity index (χ3v) is 3.88. The predicted molar refractivity (Wildman–Crippen MR) is 107 cm³/mol. The Morgan fingerprint density at radius 2 is 1.69 bits per heavy atom. The van der Waals surface area contributed by atoms with Crippen molar-refractivity contribution in [2.45, 2.75) is 13.8 Å². The van der Waals surface area contributed by atoms with Crippen LogP contribution < -0.4 is 20.1 Å². The fourth-order valence-corrected chi connectivity index (χ4v) is 2.39. The largest absolute Gasteiger partial charge is 0.495 e. The molecule has 0 radical (unpaired) electrons. The maximum absolute atomic E-state index is 12.0. The molecule has 0 unspecified atom stereocenters. The normalized spacial score (nSPS) is 10.0. The number of methoxy groups -OCH3 is 1. The lowest BCUT2D eigenvalue weighted by atomic mass is 10.2. The van der Waals surface area contributed by atoms with E-state index in [1.54, 1.807) is 24.3 Å². The quantitative estimate of drug-likeness (QED) is 0.624. The van der Waals surface area contributed by atoms with Gasteiger partial charge in [0, 0.05) is 0 Å². The summed E-state index contributed by atoms with van der Waals surface area (Å²) in [6, 6.07) is 12.6. The van der Waals surface area contributed by atoms with Crippen molar-refractivity contribution in [1.82, 2.24) is 5.32 Å². The molecule has 0 saturated heterocycles. The molecule has 0 fully saturated rings. The van der Waals surface area contributed by atoms with E-state index in [1.807, 2.05) is 32.0 Å². The van der Waals surface area contributed by atoms with Gasteiger partial charge >= 0.3 is 5.97 Å². The van der Waals surface area contributed by atoms with Gasteiger partial charge in [-0.3, -0.25) is 9.59 Å². The van der Waals surface area contributed by atoms with Crippen LogP contribution in [0.2, 0.25) is 0 Å². The number of nitrogens with one attached hydrogen (secondary N) is 2. The highest BCUT2D eigenvalue weighted by Crippen LogP contribution is 2.24. The summed E-state index contributed by atoms with van der Waals surface area (Å²) in [5.41, 5.74) is 2.34. The Balaban J connectivity index is 1.70. The van der Waals surface area contributed by atoms with Crippen molar-refractivity contribution >= 4 is 23.5 Å². The molecule has 2 N–H and O–H groups in total. The molecule has 154 valence electrons. The highest BCUT2D eigenvalue weighted by Gasteiger charge is 2.12. The molecule has 0 atom stereocenters. The van der Waals surface area contributed by atoms with Crippen LogP contribution in [0.25, 0.3) is 0 Å². The van der Waals surface area contributed by atoms with Crippen LogP contribution in [0, 0.1) is 13.8 Å². The molecule has 8 nitrogen and oxygen atoms in total. The number of carbonyl (C=O) groups is 3. The van der Waals surface area contributed by atoms with Crippen LogP contribution in [0.1, 0.15) is 11.1 Å². The van der Waals surface area contributed by atoms with Gasteiger partial charge in [0.2, 0.25) is 5.91 Å². The SMILES string of the molecule is COc1ccc(C)cc1NC(=O)CNC(=O)COC(=O)COc1ccccc1C. The van der Waals surface area contributed by atoms with Gasteiger partial charge in [0.25, 0.3) is 5.91 Å². The fraction of sp³-hybridized carbons (Fsp3) is 0.286. The van der Waals surface area contributed by atoms with Crippen LogP contribution in [0.3, 0.4) is 0 Å². The summed E-state index contributed by atoms with van der Waals surface area (Å²) in [7, 11) is 1.50. The second-order valence-electron chi connectivity index (χ2n) is 6.24. The molecule has 2 aromatic rings. The third kappa shape index (κ3) is 7.17. The zero-order chi connectivity index (χ0) is 21.2. The Morgan fingerprint density at radius 1 is 0.931 bits per heavy atom. The number of esters is 1. The third-order valence-electron chi connectivity index (χ3n) is 3.88. The first-order valence-electron chi connectivity index (χ1n) is 8.94. The number of amides is 2. The number of para-hydroxylation sites is 1. The first kappa shape index (κ1) is 21.7. The van der Waals surface area contributed by atoms with Crippen LogP contribution in [-0.4, -0.2) is 44.7 Å². The topological polar surface area (TPSA) is 103 Å². The minimum atomic E-state index is -0.683. The Hall–Kier alpha value is -3.55. The summed E-state index contributed by atoms with van der Waals surface area (Å²) in [5.74, 6) is -0.635. The van der Waals surface area contributed by atoms with E-state index >= 15 is 0 Å². The smallest absolute Gasteiger partial charge is 0.344 e. The lowest BCUT2D eigenvalue weighted by molar-refractivity contribution is -0.150. The molecule has 0 aliphatic rings. The summed E-state index contributed by atoms with van der Waals surface area (Å²) >= 11 is 0. The molecule has 29 heavy (non-hydrogen) atoms. The summed E-state index contributed by atoms with van der Waals surface area (Å²) in [6.45, 7) is 2.65. The van der Waals surface area contributed by atoms with Crippen LogP contribution in [0.15, 0.2) is 42.5 Å². The lowest BCUT2D eigenvalue weighted by Gasteiger charge is -2.12. The fourth-order valence-electron chi connectivity index (χ4n) is 2.39. The molecule has 0 bridgehead atoms. The second kappa shape index (κ2) is 10.7. The zero-order valence-electron chi connectivity index (χ0n) is 16.6. The molecule has 0 aromatic heterocycles. The average molecular weight is 400 g/mol. The standard InChI is InChI=1S/C21H24N2O6/c1-14-8-9-18(27-3)16(10-14)23-19(24)11-22-20(25)12-29-21(26)13-28-17-7-5-4-6-15(17)2/h4-10H,11-13H2,1-3H3,(H,22,25)(H,23,24). The number of hydrogen-bond donors (Lipinski definition) is 2. The van der Waals surface area contributed by atoms with Gasteiger partial charge in [-0.1, -0.05) is 24.3 Å². The molecule has 0 saturated carbocycles. The van der Waals surface area contributed by atoms with E-state index in [0.29, 0.717) is 17.2 Å². The van der Waals surface area contributed by atoms with Crippen molar-refractivity contribution in [2.24, 2.45) is 0 Å². The van der Waals surface area contributed by atoms with Gasteiger partial charge in [0.15, 0.2) is 13.2 Å². The van der Waals surface area contributed by atoms with E-state index in [-0.39, 0.29) is 13.2 Å². The van der Waals surface area contributed by atoms with E-state index in [1.165, 1.54) is 7.11 Å². The number of carbonyl (C=O) groups excluding carboxylic acids is 3. The summed E-state index contributed by atoms with van der Waals surface area (Å²) < 4.78 is 15.4. The second-order valence-corrected chi connectivity index (χ2v) is 6.24. The van der Waals surface area contributed by atoms with Crippen molar-refractivity contribution in [1.29, 1.82) is 0 Å². The molecule has 0 aliphatic heterocycles. The molecular weight excluding hydrogens is 376 g/mol. The molecule has 2 aromatic carbocycles. The zero-order valence-corrected chi connectivity index (χ0v) is 16.6. The van der Waals surface area contributed by atoms with Gasteiger partial charge < -0.3 is 24.8 Å². The molecule has 8 heteroatoms. The van der Waals surface area contributed by atoms with Crippen LogP contribution in [-0.2, 0) is 19.1 Å². The van der Waals surface area contributed by atoms with Crippen LogP contribution in [0.4, 0.5) is 5.69 Å². The molecule has 0 aliphatic carbocycles. The van der Waals surface area contributed by atoms with Crippen molar-refractivity contribution in [3.63, 3.8) is 0 Å². The van der Waals surface area contributed by atoms with Gasteiger partial charge in [-0.15, -0.1) is 0 Å². The van der Waals surface area contributed by atoms with Crippen molar-refractivity contribution < 1.29 is 28.6 Å². The molecule has 0 spiro atoms. The van der Waals surface area contributed by atoms with Crippen LogP contribution >= 0.6 is 0 Å². The van der Waals surface area contributed by atoms with Crippen molar-refractivity contribution in [3.05, 3.63) is 53.6 Å². The number of benzene rings is 2. The number of hydrogen-bond acceptors (Lipinski definition) is 6. The number of anilines is 1. The maximum Gasteiger partial charge on any atom is 0.344 e. The molecule has 2 amide bonds. The Labute approximate surface area is 169 Å². The lowest BCUT2D eigenvalue weighted by Crippen LogP contribution is -2.36. The van der Waals surface area contributed by atoms with Crippen molar-refractivity contribution in [3.8, 4) is 11.5 Å². The first-order valence-corrected chi connectivity index (χ1v) is 8.94. The van der Waals surface area contributed by atoms with Gasteiger partial charge in [0.05, 0.1) is 19.3 Å². The average Bonchev–Trinajstić information content (AvgIpc) is 2.70. The van der Waals surface area contributed by atoms with E-state index < -0.39 is 24.4 Å². The predicted octanol–water partition coefficient (Wildman–Crippen LogP) is 1.99. The highest BCUT2D eigenvalue weighted by molar-refractivity contribution is 5.96. The van der Waals surface area contributed by atoms with E-state index in [4.69, 9.17) is 14.2 Å². The summed E-state index contributed by atoms with van der Waals surface area (Å²) in [4.78, 5) is 35.5. The van der Waals surface area contributed by atoms with Crippen molar-refractivity contribution in [2.75, 3.05) is 32.2 Å². The number of ether oxygens (including phenoxy) is 3. The van der Waals surface area contributed by atoms with E-state index in [9.17, 15) is 14.4 Å². The molecule has 0 heterocycles. The van der Waals surface area contributed by atoms with E-state index in [2.05, 4.69) is 10.6 Å². The molecular formula is C21H24N2O6. The Morgan fingerprint density at radius 3 is 2.41 bits per heavy atom. The highest BCUT2D eigenvalue weighted by atomic mass is 16.6. The van der Waals surface area contributed by atoms with Gasteiger partial charge in [-0.25, -0.2) is 4.79 Å². The monoisotopic (exact) mass is 400 g/mol. The van der Waals surface area contributed by atoms with Gasteiger partial charge in [-0.05, 0) is 43.2 Å². The Kier molecular flexibility index (Phi) is 8.02. The Bertz CT molecular complexity index is 881. The molecule has 2 rings (SSSR count). The first-order chi connectivity index (χ1) is 13.9. The number of aryl methyl sites for hydroxylation is 2. The number of rotatable bonds is 9. The maximum atomic E-state index is 12.0. The summed E-state index contributed by atoms with van der Waals surface area (Å²) in [5, 5.41) is 5.04. The van der Waals surface area contributed by atoms with Gasteiger partial charge in [0.1, 0.15) is 11.5 Å². The van der Waals surface area contributed by atoms with Crippen LogP contribution in [0.5, 0.6) is 11.5 Å². The van der Waals surface area contributed by atoms with E-state index in [0.717, 1.165) is 11.1 Å². The minimum absolute atomic E-state index is 0.271. The minimum Gasteiger partial charge on any atom is -0.495 e.